The summed E-state index contributed by atoms with van der Waals surface area (Å²) in [6.07, 6.45) is 1.61. The number of nitrogens with zero attached hydrogens (tertiary/aromatic N) is 3. The molecule has 0 aliphatic heterocycles. The van der Waals surface area contributed by atoms with Gasteiger partial charge in [-0.2, -0.15) is 0 Å². The molecule has 0 aliphatic rings. The topological polar surface area (TPSA) is 126 Å². The Hall–Kier alpha value is -3.40. The standard InChI is InChI=1S/C23H30N6O3S/c1-6-7-8-29-20(24)19(21(31)27-23(29)32)28(5)11-18(30)26-22-25-17(12-33-22)16-10-14(3)13(2)9-15(16)4/h9-10,12H,6-8,11,24H2,1-5H3,(H,25,26,30)(H,27,31,32). The normalized spacial score (nSPS) is 10.9. The summed E-state index contributed by atoms with van der Waals surface area (Å²) in [7, 11) is 1.58. The minimum absolute atomic E-state index is 0.0502. The maximum Gasteiger partial charge on any atom is 0.330 e. The summed E-state index contributed by atoms with van der Waals surface area (Å²) in [5, 5.41) is 5.16. The van der Waals surface area contributed by atoms with E-state index >= 15 is 0 Å². The fourth-order valence-corrected chi connectivity index (χ4v) is 4.36. The molecule has 0 unspecified atom stereocenters. The van der Waals surface area contributed by atoms with Gasteiger partial charge in [0.05, 0.1) is 12.2 Å². The van der Waals surface area contributed by atoms with Crippen molar-refractivity contribution in [1.29, 1.82) is 0 Å². The van der Waals surface area contributed by atoms with Crippen molar-refractivity contribution in [3.63, 3.8) is 0 Å². The molecule has 10 heteroatoms. The Labute approximate surface area is 196 Å². The molecule has 0 saturated carbocycles. The van der Waals surface area contributed by atoms with Crippen LogP contribution in [0.5, 0.6) is 0 Å². The van der Waals surface area contributed by atoms with E-state index in [4.69, 9.17) is 5.73 Å². The number of carbonyl (C=O) groups is 1. The van der Waals surface area contributed by atoms with Gasteiger partial charge in [-0.25, -0.2) is 9.78 Å². The summed E-state index contributed by atoms with van der Waals surface area (Å²) in [6.45, 7) is 8.43. The van der Waals surface area contributed by atoms with E-state index < -0.39 is 11.2 Å². The highest BCUT2D eigenvalue weighted by atomic mass is 32.1. The second kappa shape index (κ2) is 10.0. The van der Waals surface area contributed by atoms with Crippen LogP contribution in [0, 0.1) is 20.8 Å². The number of hydrogen-bond acceptors (Lipinski definition) is 7. The molecule has 1 amide bonds. The Kier molecular flexibility index (Phi) is 7.37. The Morgan fingerprint density at radius 1 is 1.21 bits per heavy atom. The molecular formula is C23H30N6O3S. The van der Waals surface area contributed by atoms with Crippen LogP contribution in [0.2, 0.25) is 0 Å². The van der Waals surface area contributed by atoms with Crippen LogP contribution < -0.4 is 27.2 Å². The highest BCUT2D eigenvalue weighted by Gasteiger charge is 2.19. The Bertz CT molecular complexity index is 1290. The van der Waals surface area contributed by atoms with Crippen LogP contribution in [0.25, 0.3) is 11.3 Å². The van der Waals surface area contributed by atoms with E-state index in [9.17, 15) is 14.4 Å². The third-order valence-corrected chi connectivity index (χ3v) is 6.34. The fourth-order valence-electron chi connectivity index (χ4n) is 3.63. The van der Waals surface area contributed by atoms with Crippen LogP contribution in [-0.4, -0.2) is 34.0 Å². The van der Waals surface area contributed by atoms with Crippen molar-refractivity contribution in [3.05, 3.63) is 55.0 Å². The molecule has 4 N–H and O–H groups in total. The summed E-state index contributed by atoms with van der Waals surface area (Å²) in [4.78, 5) is 45.4. The van der Waals surface area contributed by atoms with Gasteiger partial charge in [-0.3, -0.25) is 19.1 Å². The van der Waals surface area contributed by atoms with Crippen LogP contribution in [0.4, 0.5) is 16.6 Å². The first-order valence-corrected chi connectivity index (χ1v) is 11.7. The maximum atomic E-state index is 12.6. The van der Waals surface area contributed by atoms with Crippen molar-refractivity contribution in [1.82, 2.24) is 14.5 Å². The number of aromatic nitrogens is 3. The summed E-state index contributed by atoms with van der Waals surface area (Å²) in [5.74, 6) is -0.297. The molecule has 0 atom stereocenters. The van der Waals surface area contributed by atoms with E-state index in [2.05, 4.69) is 41.3 Å². The lowest BCUT2D eigenvalue weighted by atomic mass is 9.99. The average molecular weight is 471 g/mol. The lowest BCUT2D eigenvalue weighted by Crippen LogP contribution is -2.39. The van der Waals surface area contributed by atoms with Gasteiger partial charge >= 0.3 is 5.69 Å². The number of nitrogens with two attached hydrogens (primary N) is 1. The molecular weight excluding hydrogens is 440 g/mol. The zero-order valence-corrected chi connectivity index (χ0v) is 20.4. The Morgan fingerprint density at radius 2 is 1.91 bits per heavy atom. The van der Waals surface area contributed by atoms with E-state index in [0.29, 0.717) is 11.7 Å². The van der Waals surface area contributed by atoms with Gasteiger partial charge in [-0.1, -0.05) is 19.4 Å². The second-order valence-electron chi connectivity index (χ2n) is 8.19. The van der Waals surface area contributed by atoms with Crippen LogP contribution in [0.15, 0.2) is 27.1 Å². The van der Waals surface area contributed by atoms with E-state index in [1.807, 2.05) is 19.2 Å². The SMILES string of the molecule is CCCCn1c(N)c(N(C)CC(=O)Nc2nc(-c3cc(C)c(C)cc3C)cs2)c(=O)[nH]c1=O. The number of thiazole rings is 1. The molecule has 3 rings (SSSR count). The zero-order chi connectivity index (χ0) is 24.3. The predicted molar refractivity (Wildman–Crippen MR) is 134 cm³/mol. The van der Waals surface area contributed by atoms with Gasteiger partial charge in [0.1, 0.15) is 11.5 Å². The van der Waals surface area contributed by atoms with E-state index in [0.717, 1.165) is 29.7 Å². The Balaban J connectivity index is 1.75. The second-order valence-corrected chi connectivity index (χ2v) is 9.05. The number of aryl methyl sites for hydroxylation is 3. The molecule has 0 saturated heterocycles. The molecule has 176 valence electrons. The highest BCUT2D eigenvalue weighted by Crippen LogP contribution is 2.29. The summed E-state index contributed by atoms with van der Waals surface area (Å²) in [6, 6.07) is 4.22. The summed E-state index contributed by atoms with van der Waals surface area (Å²) < 4.78 is 1.33. The molecule has 33 heavy (non-hydrogen) atoms. The molecule has 9 nitrogen and oxygen atoms in total. The number of anilines is 3. The van der Waals surface area contributed by atoms with Crippen LogP contribution >= 0.6 is 11.3 Å². The van der Waals surface area contributed by atoms with E-state index in [1.165, 1.54) is 31.9 Å². The minimum atomic E-state index is -0.623. The molecule has 3 aromatic rings. The molecule has 0 bridgehead atoms. The number of benzene rings is 1. The zero-order valence-electron chi connectivity index (χ0n) is 19.6. The molecule has 0 aliphatic carbocycles. The quantitative estimate of drug-likeness (QED) is 0.465. The van der Waals surface area contributed by atoms with Gasteiger partial charge in [0.15, 0.2) is 5.13 Å². The number of nitrogen functional groups attached to an aromatic ring is 1. The van der Waals surface area contributed by atoms with Gasteiger partial charge in [0.2, 0.25) is 5.91 Å². The Morgan fingerprint density at radius 3 is 2.61 bits per heavy atom. The van der Waals surface area contributed by atoms with Crippen molar-refractivity contribution in [2.45, 2.75) is 47.1 Å². The van der Waals surface area contributed by atoms with E-state index in [1.54, 1.807) is 7.05 Å². The fraction of sp³-hybridized carbons (Fsp3) is 0.391. The highest BCUT2D eigenvalue weighted by molar-refractivity contribution is 7.14. The lowest BCUT2D eigenvalue weighted by molar-refractivity contribution is -0.114. The number of rotatable bonds is 8. The van der Waals surface area contributed by atoms with Crippen LogP contribution in [0.3, 0.4) is 0 Å². The maximum absolute atomic E-state index is 12.6. The monoisotopic (exact) mass is 470 g/mol. The number of H-pyrrole nitrogens is 1. The molecule has 0 fully saturated rings. The summed E-state index contributed by atoms with van der Waals surface area (Å²) in [5.41, 5.74) is 10.4. The van der Waals surface area contributed by atoms with Crippen molar-refractivity contribution >= 4 is 33.9 Å². The van der Waals surface area contributed by atoms with Gasteiger partial charge < -0.3 is 16.0 Å². The number of unbranched alkanes of at least 4 members (excludes halogenated alkanes) is 1. The van der Waals surface area contributed by atoms with Gasteiger partial charge in [-0.15, -0.1) is 11.3 Å². The third kappa shape index (κ3) is 5.33. The van der Waals surface area contributed by atoms with Crippen molar-refractivity contribution in [2.24, 2.45) is 0 Å². The molecule has 1 aromatic carbocycles. The van der Waals surface area contributed by atoms with Crippen molar-refractivity contribution in [3.8, 4) is 11.3 Å². The largest absolute Gasteiger partial charge is 0.383 e. The van der Waals surface area contributed by atoms with Crippen LogP contribution in [0.1, 0.15) is 36.5 Å². The van der Waals surface area contributed by atoms with Crippen molar-refractivity contribution in [2.75, 3.05) is 29.5 Å². The first-order chi connectivity index (χ1) is 15.6. The van der Waals surface area contributed by atoms with E-state index in [-0.39, 0.29) is 24.0 Å². The van der Waals surface area contributed by atoms with Crippen LogP contribution in [-0.2, 0) is 11.3 Å². The molecule has 2 heterocycles. The number of amides is 1. The van der Waals surface area contributed by atoms with Gasteiger partial charge in [0, 0.05) is 24.5 Å². The van der Waals surface area contributed by atoms with Gasteiger partial charge in [-0.05, 0) is 49.9 Å². The lowest BCUT2D eigenvalue weighted by Gasteiger charge is -2.21. The smallest absolute Gasteiger partial charge is 0.330 e. The van der Waals surface area contributed by atoms with Gasteiger partial charge in [0.25, 0.3) is 5.56 Å². The first kappa shape index (κ1) is 24.2. The number of nitrogens with one attached hydrogen (secondary N) is 2. The molecule has 0 spiro atoms. The number of likely N-dealkylation sites (N-methyl/N-ethyl adjacent to an activating group) is 1. The first-order valence-electron chi connectivity index (χ1n) is 10.8. The average Bonchev–Trinajstić information content (AvgIpc) is 3.18. The number of carbonyl (C=O) groups excluding carboxylic acids is 1. The predicted octanol–water partition coefficient (Wildman–Crippen LogP) is 3.04. The third-order valence-electron chi connectivity index (χ3n) is 5.58. The minimum Gasteiger partial charge on any atom is -0.383 e. The number of aromatic amines is 1. The molecule has 2 aromatic heterocycles. The van der Waals surface area contributed by atoms with Crippen molar-refractivity contribution < 1.29 is 4.79 Å². The summed E-state index contributed by atoms with van der Waals surface area (Å²) >= 11 is 1.33. The molecule has 0 radical (unpaired) electrons. The number of hydrogen-bond donors (Lipinski definition) is 3.